The average molecular weight is 314 g/mol. The van der Waals surface area contributed by atoms with Crippen LogP contribution in [0, 0.1) is 5.82 Å². The van der Waals surface area contributed by atoms with E-state index < -0.39 is 23.7 Å². The van der Waals surface area contributed by atoms with Crippen molar-refractivity contribution in [2.24, 2.45) is 11.5 Å². The summed E-state index contributed by atoms with van der Waals surface area (Å²) in [6.45, 7) is 2.02. The molecule has 0 radical (unpaired) electrons. The van der Waals surface area contributed by atoms with Gasteiger partial charge in [0.1, 0.15) is 11.9 Å². The number of carbonyl (C=O) groups excluding carboxylic acids is 2. The number of halogens is 1. The second-order valence-electron chi connectivity index (χ2n) is 4.37. The lowest BCUT2D eigenvalue weighted by Crippen LogP contribution is -2.32. The fourth-order valence-corrected chi connectivity index (χ4v) is 2.60. The summed E-state index contributed by atoms with van der Waals surface area (Å²) in [6, 6.07) is 3.50. The smallest absolute Gasteiger partial charge is 0.322 e. The summed E-state index contributed by atoms with van der Waals surface area (Å²) < 4.78 is 18.5. The van der Waals surface area contributed by atoms with Gasteiger partial charge in [-0.25, -0.2) is 4.39 Å². The molecule has 5 nitrogen and oxygen atoms in total. The minimum atomic E-state index is -0.659. The molecule has 0 saturated heterocycles. The van der Waals surface area contributed by atoms with Crippen LogP contribution < -0.4 is 11.5 Å². The van der Waals surface area contributed by atoms with Gasteiger partial charge in [-0.15, -0.1) is 0 Å². The molecular weight excluding hydrogens is 295 g/mol. The van der Waals surface area contributed by atoms with Gasteiger partial charge in [-0.2, -0.15) is 11.8 Å². The Hall–Kier alpha value is -1.60. The van der Waals surface area contributed by atoms with Crippen molar-refractivity contribution in [1.82, 2.24) is 0 Å². The molecule has 1 unspecified atom stereocenters. The van der Waals surface area contributed by atoms with Crippen molar-refractivity contribution in [1.29, 1.82) is 0 Å². The van der Waals surface area contributed by atoms with Crippen LogP contribution in [0.15, 0.2) is 18.2 Å². The normalized spacial score (nSPS) is 12.0. The van der Waals surface area contributed by atoms with Gasteiger partial charge in [-0.05, 0) is 36.8 Å². The molecule has 1 aromatic rings. The summed E-state index contributed by atoms with van der Waals surface area (Å²) in [5.41, 5.74) is 11.3. The maximum absolute atomic E-state index is 13.7. The number of nitrogens with two attached hydrogens (primary N) is 2. The van der Waals surface area contributed by atoms with E-state index in [1.165, 1.54) is 23.9 Å². The average Bonchev–Trinajstić information content (AvgIpc) is 2.44. The third-order valence-corrected chi connectivity index (χ3v) is 3.80. The Kier molecular flexibility index (Phi) is 7.18. The summed E-state index contributed by atoms with van der Waals surface area (Å²) in [6.07, 6.45) is 0.463. The zero-order chi connectivity index (χ0) is 15.8. The van der Waals surface area contributed by atoms with Crippen molar-refractivity contribution in [2.75, 3.05) is 12.4 Å². The van der Waals surface area contributed by atoms with Crippen molar-refractivity contribution < 1.29 is 18.7 Å². The number of hydrogen-bond acceptors (Lipinski definition) is 5. The molecule has 1 atom stereocenters. The molecule has 1 aromatic carbocycles. The fraction of sp³-hybridized carbons (Fsp3) is 0.429. The monoisotopic (exact) mass is 314 g/mol. The first kappa shape index (κ1) is 17.5. The molecule has 0 aliphatic carbocycles. The fourth-order valence-electron chi connectivity index (χ4n) is 1.58. The van der Waals surface area contributed by atoms with Crippen molar-refractivity contribution in [3.63, 3.8) is 0 Å². The van der Waals surface area contributed by atoms with Gasteiger partial charge in [-0.3, -0.25) is 9.59 Å². The lowest BCUT2D eigenvalue weighted by Gasteiger charge is -2.10. The van der Waals surface area contributed by atoms with E-state index in [1.54, 1.807) is 6.92 Å². The Balaban J connectivity index is 2.39. The predicted molar refractivity (Wildman–Crippen MR) is 80.3 cm³/mol. The summed E-state index contributed by atoms with van der Waals surface area (Å²) >= 11 is 1.45. The molecule has 0 heterocycles. The van der Waals surface area contributed by atoms with E-state index in [0.717, 1.165) is 6.07 Å². The van der Waals surface area contributed by atoms with Crippen LogP contribution in [0.25, 0.3) is 0 Å². The second kappa shape index (κ2) is 8.63. The standard InChI is InChI=1S/C14H19FN2O3S/c1-2-20-14(19)12(16)5-6-21-8-10-4-3-9(13(17)18)7-11(10)15/h3-4,7,12H,2,5-6,8,16H2,1H3,(H2,17,18). The van der Waals surface area contributed by atoms with Crippen LogP contribution >= 0.6 is 11.8 Å². The van der Waals surface area contributed by atoms with Gasteiger partial charge in [0.05, 0.1) is 6.61 Å². The van der Waals surface area contributed by atoms with Crippen molar-refractivity contribution in [3.8, 4) is 0 Å². The highest BCUT2D eigenvalue weighted by atomic mass is 32.2. The van der Waals surface area contributed by atoms with Gasteiger partial charge < -0.3 is 16.2 Å². The molecule has 0 aliphatic rings. The number of primary amides is 1. The lowest BCUT2D eigenvalue weighted by atomic mass is 10.1. The molecule has 0 fully saturated rings. The van der Waals surface area contributed by atoms with Crippen LogP contribution in [0.2, 0.25) is 0 Å². The molecular formula is C14H19FN2O3S. The van der Waals surface area contributed by atoms with Gasteiger partial charge in [-0.1, -0.05) is 6.07 Å². The minimum Gasteiger partial charge on any atom is -0.465 e. The Morgan fingerprint density at radius 2 is 2.14 bits per heavy atom. The molecule has 116 valence electrons. The van der Waals surface area contributed by atoms with Crippen molar-refractivity contribution >= 4 is 23.6 Å². The molecule has 0 bridgehead atoms. The van der Waals surface area contributed by atoms with Crippen molar-refractivity contribution in [2.45, 2.75) is 25.1 Å². The van der Waals surface area contributed by atoms with Crippen LogP contribution in [-0.2, 0) is 15.3 Å². The highest BCUT2D eigenvalue weighted by Gasteiger charge is 2.14. The van der Waals surface area contributed by atoms with Gasteiger partial charge in [0.15, 0.2) is 0 Å². The quantitative estimate of drug-likeness (QED) is 0.559. The van der Waals surface area contributed by atoms with Gasteiger partial charge in [0.2, 0.25) is 5.91 Å². The molecule has 21 heavy (non-hydrogen) atoms. The van der Waals surface area contributed by atoms with Gasteiger partial charge in [0.25, 0.3) is 0 Å². The third-order valence-electron chi connectivity index (χ3n) is 2.76. The van der Waals surface area contributed by atoms with Crippen LogP contribution in [0.3, 0.4) is 0 Å². The van der Waals surface area contributed by atoms with Gasteiger partial charge >= 0.3 is 5.97 Å². The van der Waals surface area contributed by atoms with Crippen LogP contribution in [-0.4, -0.2) is 30.3 Å². The number of rotatable bonds is 8. The second-order valence-corrected chi connectivity index (χ2v) is 5.48. The van der Waals surface area contributed by atoms with E-state index in [0.29, 0.717) is 30.1 Å². The zero-order valence-corrected chi connectivity index (χ0v) is 12.6. The van der Waals surface area contributed by atoms with Crippen LogP contribution in [0.5, 0.6) is 0 Å². The maximum Gasteiger partial charge on any atom is 0.322 e. The molecule has 0 aliphatic heterocycles. The van der Waals surface area contributed by atoms with E-state index in [2.05, 4.69) is 0 Å². The highest BCUT2D eigenvalue weighted by molar-refractivity contribution is 7.98. The van der Waals surface area contributed by atoms with E-state index in [-0.39, 0.29) is 5.56 Å². The van der Waals surface area contributed by atoms with E-state index in [1.807, 2.05) is 0 Å². The van der Waals surface area contributed by atoms with E-state index >= 15 is 0 Å². The summed E-state index contributed by atoms with van der Waals surface area (Å²) in [4.78, 5) is 22.2. The summed E-state index contributed by atoms with van der Waals surface area (Å²) in [5.74, 6) is -0.505. The Bertz CT molecular complexity index is 511. The number of thioether (sulfide) groups is 1. The van der Waals surface area contributed by atoms with E-state index in [9.17, 15) is 14.0 Å². The topological polar surface area (TPSA) is 95.4 Å². The maximum atomic E-state index is 13.7. The minimum absolute atomic E-state index is 0.144. The first-order valence-corrected chi connectivity index (χ1v) is 7.69. The van der Waals surface area contributed by atoms with Crippen LogP contribution in [0.1, 0.15) is 29.3 Å². The summed E-state index contributed by atoms with van der Waals surface area (Å²) in [7, 11) is 0. The largest absolute Gasteiger partial charge is 0.465 e. The molecule has 1 amide bonds. The number of benzene rings is 1. The van der Waals surface area contributed by atoms with Crippen molar-refractivity contribution in [3.05, 3.63) is 35.1 Å². The zero-order valence-electron chi connectivity index (χ0n) is 11.8. The number of amides is 1. The molecule has 1 rings (SSSR count). The van der Waals surface area contributed by atoms with E-state index in [4.69, 9.17) is 16.2 Å². The molecule has 0 saturated carbocycles. The first-order chi connectivity index (χ1) is 9.95. The Morgan fingerprint density at radius 1 is 1.43 bits per heavy atom. The lowest BCUT2D eigenvalue weighted by molar-refractivity contribution is -0.144. The molecule has 0 spiro atoms. The first-order valence-electron chi connectivity index (χ1n) is 6.54. The number of hydrogen-bond donors (Lipinski definition) is 2. The van der Waals surface area contributed by atoms with Crippen LogP contribution in [0.4, 0.5) is 4.39 Å². The predicted octanol–water partition coefficient (Wildman–Crippen LogP) is 1.44. The molecule has 7 heteroatoms. The Labute approximate surface area is 127 Å². The summed E-state index contributed by atoms with van der Waals surface area (Å²) in [5, 5.41) is 0. The number of esters is 1. The molecule has 0 aromatic heterocycles. The van der Waals surface area contributed by atoms with Gasteiger partial charge in [0, 0.05) is 11.3 Å². The number of carbonyl (C=O) groups is 2. The molecule has 4 N–H and O–H groups in total. The Morgan fingerprint density at radius 3 is 2.71 bits per heavy atom. The SMILES string of the molecule is CCOC(=O)C(N)CCSCc1ccc(C(N)=O)cc1F. The number of ether oxygens (including phenoxy) is 1. The highest BCUT2D eigenvalue weighted by Crippen LogP contribution is 2.18. The third kappa shape index (κ3) is 5.73.